The highest BCUT2D eigenvalue weighted by Gasteiger charge is 2.23. The minimum atomic E-state index is -3.60. The summed E-state index contributed by atoms with van der Waals surface area (Å²) >= 11 is 1.79. The number of rotatable bonds is 7. The third kappa shape index (κ3) is 3.89. The van der Waals surface area contributed by atoms with Gasteiger partial charge in [-0.05, 0) is 24.9 Å². The Morgan fingerprint density at radius 2 is 2.28 bits per heavy atom. The van der Waals surface area contributed by atoms with E-state index in [2.05, 4.69) is 16.6 Å². The van der Waals surface area contributed by atoms with Crippen LogP contribution in [0.1, 0.15) is 20.3 Å². The number of aromatic nitrogens is 2. The number of hydrogen-bond acceptors (Lipinski definition) is 5. The molecule has 0 bridgehead atoms. The van der Waals surface area contributed by atoms with Gasteiger partial charge in [-0.15, -0.1) is 0 Å². The lowest BCUT2D eigenvalue weighted by molar-refractivity contribution is 0.549. The molecule has 0 aliphatic rings. The molecule has 0 aromatic carbocycles. The fourth-order valence-corrected chi connectivity index (χ4v) is 3.87. The van der Waals surface area contributed by atoms with Crippen LogP contribution in [0.2, 0.25) is 0 Å². The van der Waals surface area contributed by atoms with E-state index in [4.69, 9.17) is 5.73 Å². The summed E-state index contributed by atoms with van der Waals surface area (Å²) in [7, 11) is -1.99. The molecule has 0 aliphatic carbocycles. The lowest BCUT2D eigenvalue weighted by Gasteiger charge is -2.14. The maximum absolute atomic E-state index is 12.1. The first kappa shape index (κ1) is 15.3. The van der Waals surface area contributed by atoms with Crippen molar-refractivity contribution in [3.8, 4) is 0 Å². The number of anilines is 1. The van der Waals surface area contributed by atoms with E-state index in [1.807, 2.05) is 6.92 Å². The quantitative estimate of drug-likeness (QED) is 0.726. The van der Waals surface area contributed by atoms with Crippen LogP contribution in [0.4, 0.5) is 5.82 Å². The number of nitrogens with zero attached hydrogens (tertiary/aromatic N) is 2. The van der Waals surface area contributed by atoms with Crippen molar-refractivity contribution in [2.24, 2.45) is 7.05 Å². The van der Waals surface area contributed by atoms with Crippen LogP contribution in [0.15, 0.2) is 11.4 Å². The molecule has 104 valence electrons. The summed E-state index contributed by atoms with van der Waals surface area (Å²) in [5, 5.41) is 0.0255. The summed E-state index contributed by atoms with van der Waals surface area (Å²) in [6, 6.07) is -0.122. The predicted octanol–water partition coefficient (Wildman–Crippen LogP) is 0.812. The van der Waals surface area contributed by atoms with Crippen LogP contribution in [0.5, 0.6) is 0 Å². The number of sulfonamides is 1. The van der Waals surface area contributed by atoms with Crippen LogP contribution in [0.25, 0.3) is 0 Å². The van der Waals surface area contributed by atoms with Crippen LogP contribution >= 0.6 is 11.8 Å². The first-order chi connectivity index (χ1) is 8.38. The summed E-state index contributed by atoms with van der Waals surface area (Å²) in [6.07, 6.45) is 2.18. The third-order valence-corrected chi connectivity index (χ3v) is 5.07. The van der Waals surface area contributed by atoms with Crippen LogP contribution in [-0.4, -0.2) is 35.5 Å². The molecule has 1 aromatic heterocycles. The van der Waals surface area contributed by atoms with E-state index in [1.54, 1.807) is 18.8 Å². The van der Waals surface area contributed by atoms with Gasteiger partial charge in [-0.25, -0.2) is 18.1 Å². The van der Waals surface area contributed by atoms with E-state index in [1.165, 1.54) is 10.9 Å². The maximum atomic E-state index is 12.1. The maximum Gasteiger partial charge on any atom is 0.260 e. The molecule has 0 radical (unpaired) electrons. The highest BCUT2D eigenvalue weighted by Crippen LogP contribution is 2.16. The standard InChI is InChI=1S/C10H20N4O2S2/c1-4-17-6-5-8(2)13-18(15,16)10-9(11)12-7-14(10)3/h7-8,13H,4-6,11H2,1-3H3. The Morgan fingerprint density at radius 1 is 1.61 bits per heavy atom. The molecule has 1 aromatic rings. The summed E-state index contributed by atoms with van der Waals surface area (Å²) in [5.74, 6) is 2.00. The van der Waals surface area contributed by atoms with Crippen LogP contribution < -0.4 is 10.5 Å². The Hall–Kier alpha value is -0.730. The van der Waals surface area contributed by atoms with Gasteiger partial charge in [0.2, 0.25) is 0 Å². The Morgan fingerprint density at radius 3 is 2.78 bits per heavy atom. The second kappa shape index (κ2) is 6.44. The molecule has 1 unspecified atom stereocenters. The van der Waals surface area contributed by atoms with Crippen LogP contribution in [0, 0.1) is 0 Å². The van der Waals surface area contributed by atoms with Gasteiger partial charge in [0.05, 0.1) is 6.33 Å². The van der Waals surface area contributed by atoms with Gasteiger partial charge in [-0.2, -0.15) is 11.8 Å². The van der Waals surface area contributed by atoms with Gasteiger partial charge in [0.1, 0.15) is 0 Å². The molecular formula is C10H20N4O2S2. The highest BCUT2D eigenvalue weighted by atomic mass is 32.2. The van der Waals surface area contributed by atoms with Gasteiger partial charge >= 0.3 is 0 Å². The molecule has 0 amide bonds. The molecule has 0 aliphatic heterocycles. The van der Waals surface area contributed by atoms with Crippen molar-refractivity contribution < 1.29 is 8.42 Å². The predicted molar refractivity (Wildman–Crippen MR) is 75.0 cm³/mol. The van der Waals surface area contributed by atoms with E-state index >= 15 is 0 Å². The van der Waals surface area contributed by atoms with Gasteiger partial charge < -0.3 is 10.3 Å². The van der Waals surface area contributed by atoms with Gasteiger partial charge in [-0.3, -0.25) is 0 Å². The number of thioether (sulfide) groups is 1. The van der Waals surface area contributed by atoms with Crippen molar-refractivity contribution >= 4 is 27.6 Å². The number of nitrogen functional groups attached to an aromatic ring is 1. The second-order valence-electron chi connectivity index (χ2n) is 4.05. The zero-order valence-corrected chi connectivity index (χ0v) is 12.5. The van der Waals surface area contributed by atoms with E-state index in [0.29, 0.717) is 0 Å². The third-order valence-electron chi connectivity index (χ3n) is 2.42. The SMILES string of the molecule is CCSCCC(C)NS(=O)(=O)c1c(N)ncn1C. The monoisotopic (exact) mass is 292 g/mol. The Bertz CT molecular complexity index is 465. The Kier molecular flexibility index (Phi) is 5.48. The molecule has 0 saturated carbocycles. The van der Waals surface area contributed by atoms with Gasteiger partial charge in [0.25, 0.3) is 10.0 Å². The number of nitrogens with two attached hydrogens (primary N) is 1. The van der Waals surface area contributed by atoms with Crippen molar-refractivity contribution in [1.82, 2.24) is 14.3 Å². The lowest BCUT2D eigenvalue weighted by Crippen LogP contribution is -2.34. The summed E-state index contributed by atoms with van der Waals surface area (Å²) < 4.78 is 28.3. The van der Waals surface area contributed by atoms with E-state index in [0.717, 1.165) is 17.9 Å². The van der Waals surface area contributed by atoms with Crippen molar-refractivity contribution in [3.05, 3.63) is 6.33 Å². The fourth-order valence-electron chi connectivity index (χ4n) is 1.55. The summed E-state index contributed by atoms with van der Waals surface area (Å²) in [5.41, 5.74) is 5.57. The molecular weight excluding hydrogens is 272 g/mol. The number of aryl methyl sites for hydroxylation is 1. The smallest absolute Gasteiger partial charge is 0.260 e. The van der Waals surface area contributed by atoms with Gasteiger partial charge in [0.15, 0.2) is 10.8 Å². The lowest BCUT2D eigenvalue weighted by atomic mass is 10.3. The van der Waals surface area contributed by atoms with Gasteiger partial charge in [-0.1, -0.05) is 6.92 Å². The zero-order chi connectivity index (χ0) is 13.8. The number of nitrogens with one attached hydrogen (secondary N) is 1. The fraction of sp³-hybridized carbons (Fsp3) is 0.700. The average molecular weight is 292 g/mol. The molecule has 1 rings (SSSR count). The molecule has 3 N–H and O–H groups in total. The molecule has 6 nitrogen and oxygen atoms in total. The molecule has 18 heavy (non-hydrogen) atoms. The minimum Gasteiger partial charge on any atom is -0.381 e. The van der Waals surface area contributed by atoms with Gasteiger partial charge in [0, 0.05) is 13.1 Å². The van der Waals surface area contributed by atoms with E-state index in [9.17, 15) is 8.42 Å². The second-order valence-corrected chi connectivity index (χ2v) is 7.08. The molecule has 0 saturated heterocycles. The molecule has 0 spiro atoms. The number of hydrogen-bond donors (Lipinski definition) is 2. The van der Waals surface area contributed by atoms with Crippen LogP contribution in [-0.2, 0) is 17.1 Å². The van der Waals surface area contributed by atoms with E-state index in [-0.39, 0.29) is 16.9 Å². The minimum absolute atomic E-state index is 0.0255. The first-order valence-corrected chi connectivity index (χ1v) is 8.39. The zero-order valence-electron chi connectivity index (χ0n) is 10.9. The highest BCUT2D eigenvalue weighted by molar-refractivity contribution is 7.99. The Labute approximate surface area is 112 Å². The van der Waals surface area contributed by atoms with Crippen molar-refractivity contribution in [3.63, 3.8) is 0 Å². The molecule has 8 heteroatoms. The molecule has 1 atom stereocenters. The van der Waals surface area contributed by atoms with Crippen molar-refractivity contribution in [2.75, 3.05) is 17.2 Å². The average Bonchev–Trinajstić information content (AvgIpc) is 2.58. The van der Waals surface area contributed by atoms with E-state index < -0.39 is 10.0 Å². The summed E-state index contributed by atoms with van der Waals surface area (Å²) in [6.45, 7) is 3.93. The summed E-state index contributed by atoms with van der Waals surface area (Å²) in [4.78, 5) is 3.78. The Balaban J connectivity index is 2.71. The van der Waals surface area contributed by atoms with Crippen LogP contribution in [0.3, 0.4) is 0 Å². The molecule has 0 fully saturated rings. The van der Waals surface area contributed by atoms with Crippen molar-refractivity contribution in [1.29, 1.82) is 0 Å². The topological polar surface area (TPSA) is 90.0 Å². The van der Waals surface area contributed by atoms with Crippen molar-refractivity contribution in [2.45, 2.75) is 31.3 Å². The largest absolute Gasteiger partial charge is 0.381 e. The number of imidazole rings is 1. The molecule has 1 heterocycles. The normalized spacial score (nSPS) is 13.7. The first-order valence-electron chi connectivity index (χ1n) is 5.75.